The first kappa shape index (κ1) is 24.9. The van der Waals surface area contributed by atoms with Gasteiger partial charge < -0.3 is 14.7 Å². The van der Waals surface area contributed by atoms with Crippen LogP contribution in [0.4, 0.5) is 0 Å². The number of fused-ring (bicyclic) bond motifs is 2. The molecule has 0 saturated carbocycles. The summed E-state index contributed by atoms with van der Waals surface area (Å²) < 4.78 is 5.38. The Labute approximate surface area is 217 Å². The van der Waals surface area contributed by atoms with Gasteiger partial charge in [0, 0.05) is 59.8 Å². The maximum atomic E-state index is 11.4. The second-order valence-electron chi connectivity index (χ2n) is 9.87. The van der Waals surface area contributed by atoms with E-state index in [1.807, 2.05) is 18.2 Å². The summed E-state index contributed by atoms with van der Waals surface area (Å²) in [6, 6.07) is 15.2. The zero-order valence-electron chi connectivity index (χ0n) is 21.6. The molecule has 0 bridgehead atoms. The number of hydrogen-bond acceptors (Lipinski definition) is 4. The molecule has 2 aromatic carbocycles. The molecule has 0 spiro atoms. The number of amides is 1. The lowest BCUT2D eigenvalue weighted by Crippen LogP contribution is -2.29. The van der Waals surface area contributed by atoms with Crippen LogP contribution in [-0.2, 0) is 24.2 Å². The summed E-state index contributed by atoms with van der Waals surface area (Å²) in [5.41, 5.74) is 11.4. The molecule has 2 aromatic heterocycles. The van der Waals surface area contributed by atoms with Crippen molar-refractivity contribution in [3.63, 3.8) is 0 Å². The Morgan fingerprint density at radius 1 is 1.22 bits per heavy atom. The molecular formula is C30H34N4O3. The van der Waals surface area contributed by atoms with Crippen LogP contribution in [0.3, 0.4) is 0 Å². The standard InChI is InChI=1S/C30H34N4O3/c1-19-14-24(32-20(19)2)18-34(13-12-23-17-31-28-16-25(37-3)7-9-26(23)28)29-10-6-22-15-21(4-8-27(22)29)5-11-30(35)33-36/h4-5,7-9,11,14-17,29,31-32,36H,6,10,12-13,18H2,1-3H3,(H,33,35)/b11-5+. The van der Waals surface area contributed by atoms with Crippen molar-refractivity contribution in [1.82, 2.24) is 20.3 Å². The van der Waals surface area contributed by atoms with Gasteiger partial charge in [-0.05, 0) is 85.2 Å². The summed E-state index contributed by atoms with van der Waals surface area (Å²) in [6.45, 7) is 6.06. The number of H-pyrrole nitrogens is 2. The van der Waals surface area contributed by atoms with Crippen molar-refractivity contribution in [2.24, 2.45) is 0 Å². The van der Waals surface area contributed by atoms with Crippen LogP contribution in [0.2, 0.25) is 0 Å². The summed E-state index contributed by atoms with van der Waals surface area (Å²) >= 11 is 0. The van der Waals surface area contributed by atoms with E-state index in [0.717, 1.165) is 49.2 Å². The maximum Gasteiger partial charge on any atom is 0.267 e. The predicted molar refractivity (Wildman–Crippen MR) is 146 cm³/mol. The van der Waals surface area contributed by atoms with E-state index >= 15 is 0 Å². The SMILES string of the molecule is COc1ccc2c(CCN(Cc3cc(C)c(C)[nH]3)C3CCc4cc(/C=C/C(=O)NO)ccc43)c[nH]c2c1. The fourth-order valence-electron chi connectivity index (χ4n) is 5.46. The molecule has 1 amide bonds. The Bertz CT molecular complexity index is 1430. The number of ether oxygens (including phenoxy) is 1. The molecule has 5 rings (SSSR count). The Morgan fingerprint density at radius 3 is 2.84 bits per heavy atom. The lowest BCUT2D eigenvalue weighted by molar-refractivity contribution is -0.124. The minimum atomic E-state index is -0.531. The third kappa shape index (κ3) is 5.33. The Kier molecular flexibility index (Phi) is 7.17. The van der Waals surface area contributed by atoms with Crippen molar-refractivity contribution in [3.05, 3.63) is 93.9 Å². The Morgan fingerprint density at radius 2 is 2.08 bits per heavy atom. The van der Waals surface area contributed by atoms with E-state index in [0.29, 0.717) is 6.04 Å². The average Bonchev–Trinajstić information content (AvgIpc) is 3.60. The van der Waals surface area contributed by atoms with Gasteiger partial charge in [0.15, 0.2) is 0 Å². The van der Waals surface area contributed by atoms with E-state index < -0.39 is 5.91 Å². The predicted octanol–water partition coefficient (Wildman–Crippen LogP) is 5.37. The fourth-order valence-corrected chi connectivity index (χ4v) is 5.46. The molecule has 0 saturated heterocycles. The molecule has 192 valence electrons. The molecule has 0 fully saturated rings. The molecule has 7 heteroatoms. The van der Waals surface area contributed by atoms with E-state index in [1.165, 1.54) is 45.1 Å². The highest BCUT2D eigenvalue weighted by Gasteiger charge is 2.28. The van der Waals surface area contributed by atoms with Gasteiger partial charge in [-0.25, -0.2) is 5.48 Å². The number of methoxy groups -OCH3 is 1. The number of nitrogens with zero attached hydrogens (tertiary/aromatic N) is 1. The summed E-state index contributed by atoms with van der Waals surface area (Å²) in [5.74, 6) is 0.325. The summed E-state index contributed by atoms with van der Waals surface area (Å²) in [6.07, 6.45) is 8.19. The number of hydrogen-bond donors (Lipinski definition) is 4. The molecule has 1 unspecified atom stereocenters. The highest BCUT2D eigenvalue weighted by Crippen LogP contribution is 2.37. The van der Waals surface area contributed by atoms with Crippen molar-refractivity contribution >= 4 is 22.9 Å². The third-order valence-electron chi connectivity index (χ3n) is 7.54. The van der Waals surface area contributed by atoms with Gasteiger partial charge in [0.1, 0.15) is 5.75 Å². The van der Waals surface area contributed by atoms with Gasteiger partial charge in [-0.3, -0.25) is 14.9 Å². The van der Waals surface area contributed by atoms with Crippen molar-refractivity contribution in [2.75, 3.05) is 13.7 Å². The molecule has 37 heavy (non-hydrogen) atoms. The molecule has 1 atom stereocenters. The van der Waals surface area contributed by atoms with E-state index in [4.69, 9.17) is 9.94 Å². The maximum absolute atomic E-state index is 11.4. The van der Waals surface area contributed by atoms with Gasteiger partial charge in [-0.15, -0.1) is 0 Å². The normalized spacial score (nSPS) is 15.1. The average molecular weight is 499 g/mol. The molecule has 1 aliphatic carbocycles. The highest BCUT2D eigenvalue weighted by molar-refractivity contribution is 5.90. The van der Waals surface area contributed by atoms with Gasteiger partial charge in [0.05, 0.1) is 7.11 Å². The molecule has 2 heterocycles. The number of aromatic amines is 2. The van der Waals surface area contributed by atoms with Gasteiger partial charge in [-0.2, -0.15) is 0 Å². The quantitative estimate of drug-likeness (QED) is 0.142. The topological polar surface area (TPSA) is 93.4 Å². The smallest absolute Gasteiger partial charge is 0.267 e. The zero-order chi connectivity index (χ0) is 25.9. The number of aryl methyl sites for hydroxylation is 3. The molecule has 4 aromatic rings. The first-order valence-electron chi connectivity index (χ1n) is 12.7. The van der Waals surface area contributed by atoms with E-state index in [9.17, 15) is 4.79 Å². The minimum Gasteiger partial charge on any atom is -0.497 e. The monoisotopic (exact) mass is 498 g/mol. The van der Waals surface area contributed by atoms with Crippen molar-refractivity contribution < 1.29 is 14.7 Å². The van der Waals surface area contributed by atoms with Crippen LogP contribution in [0, 0.1) is 13.8 Å². The second-order valence-corrected chi connectivity index (χ2v) is 9.87. The fraction of sp³-hybridized carbons (Fsp3) is 0.300. The second kappa shape index (κ2) is 10.7. The zero-order valence-corrected chi connectivity index (χ0v) is 21.6. The van der Waals surface area contributed by atoms with Crippen LogP contribution < -0.4 is 10.2 Å². The van der Waals surface area contributed by atoms with Crippen molar-refractivity contribution in [3.8, 4) is 5.75 Å². The van der Waals surface area contributed by atoms with Crippen LogP contribution >= 0.6 is 0 Å². The number of aromatic nitrogens is 2. The first-order valence-corrected chi connectivity index (χ1v) is 12.7. The van der Waals surface area contributed by atoms with Crippen molar-refractivity contribution in [2.45, 2.75) is 45.7 Å². The van der Waals surface area contributed by atoms with Crippen LogP contribution in [0.5, 0.6) is 5.75 Å². The van der Waals surface area contributed by atoms with Crippen LogP contribution in [0.1, 0.15) is 51.7 Å². The number of nitrogens with one attached hydrogen (secondary N) is 3. The number of carbonyl (C=O) groups excluding carboxylic acids is 1. The number of rotatable bonds is 9. The molecule has 7 nitrogen and oxygen atoms in total. The van der Waals surface area contributed by atoms with Gasteiger partial charge in [0.2, 0.25) is 0 Å². The Hall–Kier alpha value is -3.81. The van der Waals surface area contributed by atoms with Crippen LogP contribution in [-0.4, -0.2) is 39.6 Å². The number of benzene rings is 2. The minimum absolute atomic E-state index is 0.322. The lowest BCUT2D eigenvalue weighted by atomic mass is 10.0. The van der Waals surface area contributed by atoms with E-state index in [2.05, 4.69) is 59.2 Å². The Balaban J connectivity index is 1.39. The van der Waals surface area contributed by atoms with E-state index in [-0.39, 0.29) is 0 Å². The number of carbonyl (C=O) groups is 1. The summed E-state index contributed by atoms with van der Waals surface area (Å²) in [4.78, 5) is 20.9. The third-order valence-corrected chi connectivity index (χ3v) is 7.54. The largest absolute Gasteiger partial charge is 0.497 e. The van der Waals surface area contributed by atoms with Crippen LogP contribution in [0.25, 0.3) is 17.0 Å². The van der Waals surface area contributed by atoms with Gasteiger partial charge >= 0.3 is 0 Å². The van der Waals surface area contributed by atoms with Crippen molar-refractivity contribution in [1.29, 1.82) is 0 Å². The lowest BCUT2D eigenvalue weighted by Gasteiger charge is -2.29. The summed E-state index contributed by atoms with van der Waals surface area (Å²) in [7, 11) is 1.69. The number of hydroxylamine groups is 1. The van der Waals surface area contributed by atoms with Gasteiger partial charge in [-0.1, -0.05) is 18.2 Å². The molecule has 0 aliphatic heterocycles. The molecule has 4 N–H and O–H groups in total. The molecular weight excluding hydrogens is 464 g/mol. The van der Waals surface area contributed by atoms with Crippen LogP contribution in [0.15, 0.2) is 54.7 Å². The van der Waals surface area contributed by atoms with E-state index in [1.54, 1.807) is 18.7 Å². The molecule has 0 radical (unpaired) electrons. The first-order chi connectivity index (χ1) is 17.9. The summed E-state index contributed by atoms with van der Waals surface area (Å²) in [5, 5.41) is 9.98. The van der Waals surface area contributed by atoms with Gasteiger partial charge in [0.25, 0.3) is 5.91 Å². The highest BCUT2D eigenvalue weighted by atomic mass is 16.5. The molecule has 1 aliphatic rings.